The van der Waals surface area contributed by atoms with E-state index in [1.165, 1.54) is 0 Å². The van der Waals surface area contributed by atoms with Gasteiger partial charge >= 0.3 is 5.38 Å². The molecule has 0 nitrogen and oxygen atoms in total. The van der Waals surface area contributed by atoms with Crippen LogP contribution >= 0.6 is 11.6 Å². The van der Waals surface area contributed by atoms with E-state index in [9.17, 15) is 8.78 Å². The standard InChI is InChI=1S/C6H9ClF2/c7-6(8,9)5-3-1-2-4-5/h5H,1-4H2. The fourth-order valence-electron chi connectivity index (χ4n) is 1.25. The van der Waals surface area contributed by atoms with E-state index in [4.69, 9.17) is 11.6 Å². The SMILES string of the molecule is FC(F)(Cl)C1CCCC1. The Labute approximate surface area is 58.2 Å². The van der Waals surface area contributed by atoms with Crippen LogP contribution in [-0.2, 0) is 0 Å². The van der Waals surface area contributed by atoms with Crippen molar-refractivity contribution in [3.8, 4) is 0 Å². The first-order valence-corrected chi connectivity index (χ1v) is 3.55. The lowest BCUT2D eigenvalue weighted by atomic mass is 10.1. The van der Waals surface area contributed by atoms with Gasteiger partial charge in [0.1, 0.15) is 0 Å². The molecule has 0 saturated heterocycles. The molecule has 0 aromatic carbocycles. The van der Waals surface area contributed by atoms with Crippen LogP contribution in [0.25, 0.3) is 0 Å². The molecule has 1 aliphatic carbocycles. The fraction of sp³-hybridized carbons (Fsp3) is 1.00. The lowest BCUT2D eigenvalue weighted by molar-refractivity contribution is 0.0318. The molecule has 0 radical (unpaired) electrons. The number of halogens is 3. The van der Waals surface area contributed by atoms with Gasteiger partial charge in [-0.15, -0.1) is 0 Å². The third-order valence-corrected chi connectivity index (χ3v) is 2.13. The summed E-state index contributed by atoms with van der Waals surface area (Å²) < 4.78 is 24.4. The predicted molar refractivity (Wildman–Crippen MR) is 32.8 cm³/mol. The fourth-order valence-corrected chi connectivity index (χ4v) is 1.47. The van der Waals surface area contributed by atoms with Gasteiger partial charge in [-0.2, -0.15) is 8.78 Å². The first-order chi connectivity index (χ1) is 4.11. The molecule has 0 unspecified atom stereocenters. The Hall–Kier alpha value is 0.150. The Kier molecular flexibility index (Phi) is 1.94. The van der Waals surface area contributed by atoms with Crippen LogP contribution < -0.4 is 0 Å². The molecule has 0 N–H and O–H groups in total. The summed E-state index contributed by atoms with van der Waals surface area (Å²) in [6.45, 7) is 0. The first kappa shape index (κ1) is 7.26. The third-order valence-electron chi connectivity index (χ3n) is 1.82. The van der Waals surface area contributed by atoms with Gasteiger partial charge in [-0.05, 0) is 24.4 Å². The van der Waals surface area contributed by atoms with Gasteiger partial charge in [0.2, 0.25) is 0 Å². The van der Waals surface area contributed by atoms with Crippen LogP contribution in [0.1, 0.15) is 25.7 Å². The van der Waals surface area contributed by atoms with E-state index in [2.05, 4.69) is 0 Å². The van der Waals surface area contributed by atoms with Crippen LogP contribution in [0.15, 0.2) is 0 Å². The highest BCUT2D eigenvalue weighted by atomic mass is 35.5. The lowest BCUT2D eigenvalue weighted by Crippen LogP contribution is -2.17. The molecule has 0 aromatic heterocycles. The predicted octanol–water partition coefficient (Wildman–Crippen LogP) is 3.01. The van der Waals surface area contributed by atoms with Crippen molar-refractivity contribution in [2.45, 2.75) is 31.1 Å². The second kappa shape index (κ2) is 2.41. The van der Waals surface area contributed by atoms with Gasteiger partial charge in [-0.25, -0.2) is 0 Å². The molecular weight excluding hydrogens is 146 g/mol. The van der Waals surface area contributed by atoms with E-state index in [0.717, 1.165) is 12.8 Å². The zero-order chi connectivity index (χ0) is 6.91. The van der Waals surface area contributed by atoms with Crippen LogP contribution in [0.4, 0.5) is 8.78 Å². The Morgan fingerprint density at radius 2 is 1.67 bits per heavy atom. The van der Waals surface area contributed by atoms with Gasteiger partial charge in [0, 0.05) is 5.92 Å². The highest BCUT2D eigenvalue weighted by Gasteiger charge is 2.38. The van der Waals surface area contributed by atoms with Crippen molar-refractivity contribution >= 4 is 11.6 Å². The van der Waals surface area contributed by atoms with Gasteiger partial charge in [0.05, 0.1) is 0 Å². The number of rotatable bonds is 1. The summed E-state index contributed by atoms with van der Waals surface area (Å²) in [5, 5.41) is -2.95. The number of hydrogen-bond acceptors (Lipinski definition) is 0. The Balaban J connectivity index is 2.42. The molecule has 0 heterocycles. The molecule has 0 bridgehead atoms. The molecule has 0 aliphatic heterocycles. The molecule has 9 heavy (non-hydrogen) atoms. The van der Waals surface area contributed by atoms with Crippen LogP contribution in [0.3, 0.4) is 0 Å². The minimum absolute atomic E-state index is 0.556. The van der Waals surface area contributed by atoms with Crippen molar-refractivity contribution in [2.24, 2.45) is 5.92 Å². The van der Waals surface area contributed by atoms with Gasteiger partial charge in [-0.3, -0.25) is 0 Å². The minimum atomic E-state index is -2.95. The summed E-state index contributed by atoms with van der Waals surface area (Å²) in [6.07, 6.45) is 3.01. The van der Waals surface area contributed by atoms with Gasteiger partial charge in [-0.1, -0.05) is 12.8 Å². The summed E-state index contributed by atoms with van der Waals surface area (Å²) in [5.74, 6) is -0.556. The van der Waals surface area contributed by atoms with E-state index in [1.54, 1.807) is 0 Å². The molecular formula is C6H9ClF2. The molecule has 1 fully saturated rings. The Morgan fingerprint density at radius 3 is 1.89 bits per heavy atom. The van der Waals surface area contributed by atoms with Crippen LogP contribution in [-0.4, -0.2) is 5.38 Å². The molecule has 1 saturated carbocycles. The number of alkyl halides is 3. The molecule has 0 amide bonds. The summed E-state index contributed by atoms with van der Waals surface area (Å²) in [4.78, 5) is 0. The summed E-state index contributed by atoms with van der Waals surface area (Å²) in [7, 11) is 0. The van der Waals surface area contributed by atoms with E-state index < -0.39 is 11.3 Å². The minimum Gasteiger partial charge on any atom is -0.188 e. The van der Waals surface area contributed by atoms with Crippen molar-refractivity contribution in [3.05, 3.63) is 0 Å². The molecule has 0 spiro atoms. The van der Waals surface area contributed by atoms with E-state index in [0.29, 0.717) is 12.8 Å². The van der Waals surface area contributed by atoms with Crippen molar-refractivity contribution in [3.63, 3.8) is 0 Å². The molecule has 54 valence electrons. The zero-order valence-electron chi connectivity index (χ0n) is 5.04. The van der Waals surface area contributed by atoms with Crippen molar-refractivity contribution in [2.75, 3.05) is 0 Å². The molecule has 3 heteroatoms. The average molecular weight is 155 g/mol. The maximum atomic E-state index is 12.2. The Morgan fingerprint density at radius 1 is 1.22 bits per heavy atom. The van der Waals surface area contributed by atoms with Gasteiger partial charge < -0.3 is 0 Å². The van der Waals surface area contributed by atoms with Crippen molar-refractivity contribution in [1.29, 1.82) is 0 Å². The molecule has 0 atom stereocenters. The monoisotopic (exact) mass is 154 g/mol. The van der Waals surface area contributed by atoms with E-state index >= 15 is 0 Å². The summed E-state index contributed by atoms with van der Waals surface area (Å²) >= 11 is 4.81. The van der Waals surface area contributed by atoms with Gasteiger partial charge in [0.15, 0.2) is 0 Å². The zero-order valence-corrected chi connectivity index (χ0v) is 5.80. The smallest absolute Gasteiger partial charge is 0.188 e. The highest BCUT2D eigenvalue weighted by Crippen LogP contribution is 2.40. The summed E-state index contributed by atoms with van der Waals surface area (Å²) in [6, 6.07) is 0. The van der Waals surface area contributed by atoms with E-state index in [1.807, 2.05) is 0 Å². The second-order valence-corrected chi connectivity index (χ2v) is 3.03. The quantitative estimate of drug-likeness (QED) is 0.510. The highest BCUT2D eigenvalue weighted by molar-refractivity contribution is 6.21. The lowest BCUT2D eigenvalue weighted by Gasteiger charge is -2.14. The third kappa shape index (κ3) is 1.78. The molecule has 0 aromatic rings. The largest absolute Gasteiger partial charge is 0.324 e. The summed E-state index contributed by atoms with van der Waals surface area (Å²) in [5.41, 5.74) is 0. The topological polar surface area (TPSA) is 0 Å². The molecule has 1 aliphatic rings. The Bertz CT molecular complexity index is 91.7. The average Bonchev–Trinajstić information content (AvgIpc) is 2.08. The van der Waals surface area contributed by atoms with Crippen LogP contribution in [0, 0.1) is 5.92 Å². The van der Waals surface area contributed by atoms with Crippen LogP contribution in [0.5, 0.6) is 0 Å². The maximum absolute atomic E-state index is 12.2. The first-order valence-electron chi connectivity index (χ1n) is 3.17. The van der Waals surface area contributed by atoms with Crippen LogP contribution in [0.2, 0.25) is 0 Å². The van der Waals surface area contributed by atoms with Crippen molar-refractivity contribution in [1.82, 2.24) is 0 Å². The molecule has 1 rings (SSSR count). The van der Waals surface area contributed by atoms with Gasteiger partial charge in [0.25, 0.3) is 0 Å². The van der Waals surface area contributed by atoms with E-state index in [-0.39, 0.29) is 0 Å². The van der Waals surface area contributed by atoms with Crippen molar-refractivity contribution < 1.29 is 8.78 Å². The normalized spacial score (nSPS) is 23.0. The number of hydrogen-bond donors (Lipinski definition) is 0. The second-order valence-electron chi connectivity index (χ2n) is 2.52. The maximum Gasteiger partial charge on any atom is 0.324 e.